The van der Waals surface area contributed by atoms with E-state index in [9.17, 15) is 0 Å². The molecule has 11 nitrogen and oxygen atoms in total. The minimum Gasteiger partial charge on any atom is -0.374 e. The summed E-state index contributed by atoms with van der Waals surface area (Å²) in [6.07, 6.45) is -6.27. The van der Waals surface area contributed by atoms with E-state index in [4.69, 9.17) is 52.1 Å². The first-order valence-electron chi connectivity index (χ1n) is 26.0. The third-order valence-electron chi connectivity index (χ3n) is 12.9. The molecule has 0 radical (unpaired) electrons. The number of hydrogen-bond acceptors (Lipinski definition) is 11. The van der Waals surface area contributed by atoms with E-state index < -0.39 is 69.5 Å². The Hall–Kier alpha value is -5.16. The van der Waals surface area contributed by atoms with Crippen molar-refractivity contribution in [3.63, 3.8) is 0 Å². The van der Waals surface area contributed by atoms with E-state index in [1.165, 1.54) is 0 Å². The topological polar surface area (TPSA) is 102 Å². The molecule has 10 atom stereocenters. The Labute approximate surface area is 439 Å². The Balaban J connectivity index is 1.19. The minimum absolute atomic E-state index is 0.134. The van der Waals surface area contributed by atoms with Gasteiger partial charge in [0.25, 0.3) is 0 Å². The van der Waals surface area contributed by atoms with Crippen LogP contribution in [0.3, 0.4) is 0 Å². The van der Waals surface area contributed by atoms with E-state index in [-0.39, 0.29) is 39.6 Å². The summed E-state index contributed by atoms with van der Waals surface area (Å²) in [7, 11) is -1.52. The fourth-order valence-electron chi connectivity index (χ4n) is 8.98. The van der Waals surface area contributed by atoms with Crippen molar-refractivity contribution in [1.29, 1.82) is 0 Å². The maximum atomic E-state index is 7.53. The second kappa shape index (κ2) is 29.2. The van der Waals surface area contributed by atoms with Crippen LogP contribution >= 0.6 is 0 Å². The Morgan fingerprint density at radius 1 is 0.392 bits per heavy atom. The molecule has 0 N–H and O–H groups in total. The van der Waals surface area contributed by atoms with Crippen molar-refractivity contribution in [3.05, 3.63) is 228 Å². The molecule has 2 fully saturated rings. The molecule has 0 amide bonds. The Bertz CT molecular complexity index is 2450. The van der Waals surface area contributed by atoms with Crippen LogP contribution in [0, 0.1) is 0 Å². The quantitative estimate of drug-likeness (QED) is 0.0332. The summed E-state index contributed by atoms with van der Waals surface area (Å²) in [5.41, 5.74) is 6.00. The average molecular weight is 1020 g/mol. The van der Waals surface area contributed by atoms with E-state index in [0.717, 1.165) is 39.4 Å². The highest BCUT2D eigenvalue weighted by atomic mass is 28.3. The molecule has 0 bridgehead atoms. The van der Waals surface area contributed by atoms with Gasteiger partial charge in [0.2, 0.25) is 0 Å². The molecule has 12 heteroatoms. The molecular formula is C62H74O11Si. The normalized spacial score (nSPS) is 24.1. The highest BCUT2D eigenvalue weighted by molar-refractivity contribution is 6.76. The molecule has 0 aliphatic carbocycles. The maximum absolute atomic E-state index is 7.53. The number of ether oxygens (including phenoxy) is 11. The van der Waals surface area contributed by atoms with E-state index in [2.05, 4.69) is 26.2 Å². The summed E-state index contributed by atoms with van der Waals surface area (Å²) >= 11 is 0. The summed E-state index contributed by atoms with van der Waals surface area (Å²) in [6.45, 7) is 13.8. The predicted molar refractivity (Wildman–Crippen MR) is 289 cm³/mol. The van der Waals surface area contributed by atoms with Gasteiger partial charge in [-0.3, -0.25) is 0 Å². The first-order chi connectivity index (χ1) is 36.3. The molecule has 2 aliphatic heterocycles. The van der Waals surface area contributed by atoms with Gasteiger partial charge < -0.3 is 52.1 Å². The van der Waals surface area contributed by atoms with Crippen LogP contribution in [0.25, 0.3) is 0 Å². The first kappa shape index (κ1) is 55.1. The third kappa shape index (κ3) is 17.2. The molecule has 8 rings (SSSR count). The Morgan fingerprint density at radius 3 is 1.14 bits per heavy atom. The van der Waals surface area contributed by atoms with Crippen LogP contribution in [0.4, 0.5) is 0 Å². The van der Waals surface area contributed by atoms with Crippen LogP contribution in [-0.4, -0.2) is 95.9 Å². The van der Waals surface area contributed by atoms with Crippen LogP contribution in [-0.2, 0) is 91.7 Å². The zero-order valence-electron chi connectivity index (χ0n) is 43.1. The van der Waals surface area contributed by atoms with Gasteiger partial charge in [-0.25, -0.2) is 0 Å². The average Bonchev–Trinajstić information content (AvgIpc) is 3.43. The number of rotatable bonds is 29. The SMILES string of the molecule is C=CCO[C@H]1[C@@H](OCc2ccccc2)[C@@H](COCc2ccccc2)O[C@H](O[C@@H]2[C@H](OCc3ccccc3)[C@@H](OCc3ccccc3)[C@H](OCC[Si](C)(C)C)O[C@@H]2COCc2ccccc2)[C@@H]1OCc1ccccc1. The van der Waals surface area contributed by atoms with Crippen molar-refractivity contribution in [2.45, 2.75) is 127 Å². The van der Waals surface area contributed by atoms with Crippen LogP contribution < -0.4 is 0 Å². The number of hydrogen-bond donors (Lipinski definition) is 0. The molecule has 0 unspecified atom stereocenters. The molecule has 0 saturated carbocycles. The van der Waals surface area contributed by atoms with Crippen molar-refractivity contribution in [2.75, 3.05) is 26.4 Å². The molecule has 2 heterocycles. The van der Waals surface area contributed by atoms with Crippen LogP contribution in [0.1, 0.15) is 33.4 Å². The molecule has 0 spiro atoms. The van der Waals surface area contributed by atoms with Crippen LogP contribution in [0.15, 0.2) is 195 Å². The van der Waals surface area contributed by atoms with E-state index >= 15 is 0 Å². The standard InChI is InChI=1S/C62H74O11Si/c1-5-36-65-57-55(67-41-49-28-16-8-17-29-49)53(45-63-39-47-24-12-6-13-25-47)72-62(60(57)70-44-52-34-22-11-23-35-52)73-56-54(46-64-40-48-26-14-7-15-27-48)71-61(66-37-38-74(2,3)4)59(69-43-51-32-20-10-21-33-51)58(56)68-42-50-30-18-9-19-31-50/h5-35,53-62H,1,36-46H2,2-4H3/t53-,54-,55+,56+,57+,58+,59-,60-,61-,62-/m1/s1. The lowest BCUT2D eigenvalue weighted by atomic mass is 9.95. The predicted octanol–water partition coefficient (Wildman–Crippen LogP) is 11.5. The van der Waals surface area contributed by atoms with Gasteiger partial charge in [-0.05, 0) is 39.4 Å². The van der Waals surface area contributed by atoms with Gasteiger partial charge in [0.05, 0.1) is 59.5 Å². The molecule has 6 aromatic carbocycles. The molecule has 392 valence electrons. The minimum atomic E-state index is -1.52. The van der Waals surface area contributed by atoms with Crippen molar-refractivity contribution in [1.82, 2.24) is 0 Å². The molecular weight excluding hydrogens is 949 g/mol. The van der Waals surface area contributed by atoms with Gasteiger partial charge in [-0.2, -0.15) is 0 Å². The summed E-state index contributed by atoms with van der Waals surface area (Å²) in [4.78, 5) is 0. The van der Waals surface area contributed by atoms with E-state index in [0.29, 0.717) is 26.4 Å². The largest absolute Gasteiger partial charge is 0.374 e. The third-order valence-corrected chi connectivity index (χ3v) is 14.6. The maximum Gasteiger partial charge on any atom is 0.187 e. The molecule has 0 aromatic heterocycles. The molecule has 6 aromatic rings. The summed E-state index contributed by atoms with van der Waals surface area (Å²) in [6, 6.07) is 61.4. The fraction of sp³-hybridized carbons (Fsp3) is 0.387. The zero-order valence-corrected chi connectivity index (χ0v) is 44.1. The van der Waals surface area contributed by atoms with Crippen molar-refractivity contribution in [2.24, 2.45) is 0 Å². The summed E-state index contributed by atoms with van der Waals surface area (Å²) in [5.74, 6) is 0. The van der Waals surface area contributed by atoms with Gasteiger partial charge in [0.1, 0.15) is 48.8 Å². The summed E-state index contributed by atoms with van der Waals surface area (Å²) in [5, 5.41) is 0. The second-order valence-corrected chi connectivity index (χ2v) is 25.6. The highest BCUT2D eigenvalue weighted by Gasteiger charge is 2.54. The highest BCUT2D eigenvalue weighted by Crippen LogP contribution is 2.37. The van der Waals surface area contributed by atoms with Gasteiger partial charge in [-0.15, -0.1) is 6.58 Å². The Morgan fingerprint density at radius 2 is 0.730 bits per heavy atom. The van der Waals surface area contributed by atoms with Gasteiger partial charge in [-0.1, -0.05) is 208 Å². The van der Waals surface area contributed by atoms with Gasteiger partial charge >= 0.3 is 0 Å². The van der Waals surface area contributed by atoms with Crippen molar-refractivity contribution < 1.29 is 52.1 Å². The molecule has 2 saturated heterocycles. The van der Waals surface area contributed by atoms with Gasteiger partial charge in [0, 0.05) is 14.7 Å². The smallest absolute Gasteiger partial charge is 0.187 e. The number of benzene rings is 6. The second-order valence-electron chi connectivity index (χ2n) is 20.0. The van der Waals surface area contributed by atoms with Crippen LogP contribution in [0.5, 0.6) is 0 Å². The van der Waals surface area contributed by atoms with E-state index in [1.54, 1.807) is 6.08 Å². The zero-order chi connectivity index (χ0) is 51.2. The Kier molecular flexibility index (Phi) is 21.7. The van der Waals surface area contributed by atoms with Crippen LogP contribution in [0.2, 0.25) is 25.7 Å². The summed E-state index contributed by atoms with van der Waals surface area (Å²) < 4.78 is 76.7. The fourth-order valence-corrected chi connectivity index (χ4v) is 9.71. The van der Waals surface area contributed by atoms with Crippen molar-refractivity contribution in [3.8, 4) is 0 Å². The lowest BCUT2D eigenvalue weighted by molar-refractivity contribution is -0.376. The van der Waals surface area contributed by atoms with E-state index in [1.807, 2.05) is 182 Å². The lowest BCUT2D eigenvalue weighted by Gasteiger charge is -2.50. The molecule has 74 heavy (non-hydrogen) atoms. The lowest BCUT2D eigenvalue weighted by Crippen LogP contribution is -2.66. The van der Waals surface area contributed by atoms with Crippen molar-refractivity contribution >= 4 is 8.07 Å². The molecule has 2 aliphatic rings. The first-order valence-corrected chi connectivity index (χ1v) is 29.7. The monoisotopic (exact) mass is 1020 g/mol. The van der Waals surface area contributed by atoms with Gasteiger partial charge in [0.15, 0.2) is 12.6 Å².